The number of rotatable bonds is 4. The Morgan fingerprint density at radius 1 is 0.444 bits per heavy atom. The van der Waals surface area contributed by atoms with Crippen molar-refractivity contribution in [1.29, 1.82) is 0 Å². The van der Waals surface area contributed by atoms with E-state index in [2.05, 4.69) is 9.97 Å². The van der Waals surface area contributed by atoms with Crippen molar-refractivity contribution in [2.24, 2.45) is 0 Å². The Morgan fingerprint density at radius 2 is 0.861 bits per heavy atom. The molecule has 6 aromatic rings. The Bertz CT molecular complexity index is 1540. The normalized spacial score (nSPS) is 11.1. The predicted octanol–water partition coefficient (Wildman–Crippen LogP) is 7.37. The van der Waals surface area contributed by atoms with Crippen LogP contribution in [0.2, 0.25) is 0 Å². The van der Waals surface area contributed by atoms with Gasteiger partial charge in [0.25, 0.3) is 0 Å². The van der Waals surface area contributed by atoms with Crippen molar-refractivity contribution in [3.05, 3.63) is 121 Å². The van der Waals surface area contributed by atoms with Gasteiger partial charge in [0.1, 0.15) is 23.0 Å². The van der Waals surface area contributed by atoms with Crippen LogP contribution in [0, 0.1) is 11.6 Å². The molecular weight excluding hydrogens is 454 g/mol. The predicted molar refractivity (Wildman–Crippen MR) is 137 cm³/mol. The molecule has 0 unspecified atom stereocenters. The van der Waals surface area contributed by atoms with Crippen molar-refractivity contribution in [3.63, 3.8) is 0 Å². The van der Waals surface area contributed by atoms with Crippen LogP contribution in [0.1, 0.15) is 0 Å². The summed E-state index contributed by atoms with van der Waals surface area (Å²) in [5.41, 5.74) is 6.95. The van der Waals surface area contributed by atoms with E-state index < -0.39 is 0 Å². The molecule has 6 heteroatoms. The van der Waals surface area contributed by atoms with Crippen molar-refractivity contribution < 1.29 is 8.78 Å². The molecule has 0 fully saturated rings. The van der Waals surface area contributed by atoms with E-state index >= 15 is 0 Å². The van der Waals surface area contributed by atoms with Crippen molar-refractivity contribution in [1.82, 2.24) is 19.9 Å². The van der Waals surface area contributed by atoms with Crippen molar-refractivity contribution >= 4 is 11.0 Å². The first-order valence-electron chi connectivity index (χ1n) is 11.4. The molecule has 4 nitrogen and oxygen atoms in total. The number of halogens is 2. The van der Waals surface area contributed by atoms with Gasteiger partial charge in [-0.15, -0.1) is 0 Å². The van der Waals surface area contributed by atoms with Crippen LogP contribution in [0.15, 0.2) is 109 Å². The molecule has 3 aromatic heterocycles. The molecular formula is C30H18F2N4. The van der Waals surface area contributed by atoms with Crippen LogP contribution in [0.3, 0.4) is 0 Å². The van der Waals surface area contributed by atoms with Crippen LogP contribution in [0.5, 0.6) is 0 Å². The smallest absolute Gasteiger partial charge is 0.123 e. The van der Waals surface area contributed by atoms with E-state index in [9.17, 15) is 8.78 Å². The van der Waals surface area contributed by atoms with E-state index in [-0.39, 0.29) is 11.6 Å². The SMILES string of the molecule is Fc1ccc(-c2ccc(-c3ccc(F)cc3)c3nc(-c4ccccn4)c(-c4ccccn4)nc23)cc1. The van der Waals surface area contributed by atoms with Gasteiger partial charge in [0.05, 0.1) is 22.4 Å². The average Bonchev–Trinajstić information content (AvgIpc) is 2.94. The first-order chi connectivity index (χ1) is 17.7. The van der Waals surface area contributed by atoms with Gasteiger partial charge in [-0.05, 0) is 59.7 Å². The van der Waals surface area contributed by atoms with Gasteiger partial charge < -0.3 is 0 Å². The van der Waals surface area contributed by atoms with Gasteiger partial charge in [0.15, 0.2) is 0 Å². The number of fused-ring (bicyclic) bond motifs is 1. The number of pyridine rings is 2. The number of aromatic nitrogens is 4. The topological polar surface area (TPSA) is 51.6 Å². The van der Waals surface area contributed by atoms with Crippen LogP contribution in [-0.2, 0) is 0 Å². The van der Waals surface area contributed by atoms with Crippen molar-refractivity contribution in [2.75, 3.05) is 0 Å². The minimum atomic E-state index is -0.316. The first kappa shape index (κ1) is 21.7. The number of hydrogen-bond donors (Lipinski definition) is 0. The number of benzene rings is 3. The first-order valence-corrected chi connectivity index (χ1v) is 11.4. The number of hydrogen-bond acceptors (Lipinski definition) is 4. The van der Waals surface area contributed by atoms with Crippen molar-refractivity contribution in [3.8, 4) is 45.0 Å². The van der Waals surface area contributed by atoms with E-state index in [1.165, 1.54) is 24.3 Å². The molecule has 0 amide bonds. The molecule has 0 N–H and O–H groups in total. The molecule has 0 aliphatic rings. The quantitative estimate of drug-likeness (QED) is 0.269. The molecule has 0 radical (unpaired) electrons. The third-order valence-electron chi connectivity index (χ3n) is 5.95. The third-order valence-corrected chi connectivity index (χ3v) is 5.95. The van der Waals surface area contributed by atoms with E-state index in [0.717, 1.165) is 22.3 Å². The maximum atomic E-state index is 13.7. The maximum Gasteiger partial charge on any atom is 0.123 e. The molecule has 0 saturated heterocycles. The molecule has 0 saturated carbocycles. The van der Waals surface area contributed by atoms with Gasteiger partial charge in [0.2, 0.25) is 0 Å². The minimum absolute atomic E-state index is 0.316. The summed E-state index contributed by atoms with van der Waals surface area (Å²) >= 11 is 0. The largest absolute Gasteiger partial charge is 0.255 e. The lowest BCUT2D eigenvalue weighted by atomic mass is 9.96. The second kappa shape index (κ2) is 9.07. The molecule has 0 spiro atoms. The molecule has 0 aliphatic carbocycles. The minimum Gasteiger partial charge on any atom is -0.255 e. The molecule has 3 aromatic carbocycles. The van der Waals surface area contributed by atoms with Gasteiger partial charge in [-0.25, -0.2) is 18.7 Å². The molecule has 172 valence electrons. The summed E-state index contributed by atoms with van der Waals surface area (Å²) in [4.78, 5) is 19.2. The summed E-state index contributed by atoms with van der Waals surface area (Å²) in [5, 5.41) is 0. The molecule has 36 heavy (non-hydrogen) atoms. The summed E-state index contributed by atoms with van der Waals surface area (Å²) in [6.07, 6.45) is 3.42. The van der Waals surface area contributed by atoms with Crippen LogP contribution >= 0.6 is 0 Å². The van der Waals surface area contributed by atoms with Gasteiger partial charge >= 0.3 is 0 Å². The zero-order valence-electron chi connectivity index (χ0n) is 18.9. The van der Waals surface area contributed by atoms with Gasteiger partial charge in [-0.3, -0.25) is 9.97 Å². The lowest BCUT2D eigenvalue weighted by Gasteiger charge is -2.15. The standard InChI is InChI=1S/C30H18F2N4/c31-21-11-7-19(8-12-21)23-15-16-24(20-9-13-22(32)14-10-20)28-27(23)35-29(25-5-1-3-17-33-25)30(36-28)26-6-2-4-18-34-26/h1-18H. The highest BCUT2D eigenvalue weighted by Crippen LogP contribution is 2.37. The summed E-state index contributed by atoms with van der Waals surface area (Å²) in [7, 11) is 0. The van der Waals surface area contributed by atoms with Crippen LogP contribution in [0.25, 0.3) is 56.1 Å². The zero-order valence-corrected chi connectivity index (χ0v) is 18.9. The van der Waals surface area contributed by atoms with E-state index in [1.54, 1.807) is 36.7 Å². The molecule has 0 bridgehead atoms. The van der Waals surface area contributed by atoms with Crippen LogP contribution in [-0.4, -0.2) is 19.9 Å². The summed E-state index contributed by atoms with van der Waals surface area (Å²) < 4.78 is 27.4. The van der Waals surface area contributed by atoms with E-state index in [0.29, 0.717) is 33.8 Å². The lowest BCUT2D eigenvalue weighted by Crippen LogP contribution is -2.00. The van der Waals surface area contributed by atoms with Crippen molar-refractivity contribution in [2.45, 2.75) is 0 Å². The molecule has 3 heterocycles. The van der Waals surface area contributed by atoms with Crippen LogP contribution in [0.4, 0.5) is 8.78 Å². The molecule has 0 aliphatic heterocycles. The fourth-order valence-corrected chi connectivity index (χ4v) is 4.22. The maximum absolute atomic E-state index is 13.7. The van der Waals surface area contributed by atoms with Gasteiger partial charge in [0, 0.05) is 23.5 Å². The van der Waals surface area contributed by atoms with E-state index in [4.69, 9.17) is 9.97 Å². The number of nitrogens with zero attached hydrogens (tertiary/aromatic N) is 4. The highest BCUT2D eigenvalue weighted by molar-refractivity contribution is 6.02. The second-order valence-corrected chi connectivity index (χ2v) is 8.22. The summed E-state index contributed by atoms with van der Waals surface area (Å²) in [5.74, 6) is -0.632. The average molecular weight is 472 g/mol. The zero-order chi connectivity index (χ0) is 24.5. The Labute approximate surface area is 206 Å². The Morgan fingerprint density at radius 3 is 1.22 bits per heavy atom. The Hall–Kier alpha value is -4.84. The fourth-order valence-electron chi connectivity index (χ4n) is 4.22. The fraction of sp³-hybridized carbons (Fsp3) is 0. The second-order valence-electron chi connectivity index (χ2n) is 8.22. The Kier molecular flexibility index (Phi) is 5.46. The monoisotopic (exact) mass is 472 g/mol. The third kappa shape index (κ3) is 3.99. The van der Waals surface area contributed by atoms with Gasteiger partial charge in [-0.1, -0.05) is 48.5 Å². The van der Waals surface area contributed by atoms with Gasteiger partial charge in [-0.2, -0.15) is 0 Å². The van der Waals surface area contributed by atoms with Crippen LogP contribution < -0.4 is 0 Å². The molecule has 6 rings (SSSR count). The Balaban J connectivity index is 1.72. The lowest BCUT2D eigenvalue weighted by molar-refractivity contribution is 0.627. The molecule has 0 atom stereocenters. The highest BCUT2D eigenvalue weighted by atomic mass is 19.1. The summed E-state index contributed by atoms with van der Waals surface area (Å²) in [6, 6.07) is 27.7. The van der Waals surface area contributed by atoms with E-state index in [1.807, 2.05) is 48.5 Å². The summed E-state index contributed by atoms with van der Waals surface area (Å²) in [6.45, 7) is 0. The highest BCUT2D eigenvalue weighted by Gasteiger charge is 2.20.